The van der Waals surface area contributed by atoms with E-state index in [1.54, 1.807) is 0 Å². The molecule has 1 aromatic heterocycles. The number of aliphatic imine (C=N–C) groups is 1. The average molecular weight is 593 g/mol. The van der Waals surface area contributed by atoms with Gasteiger partial charge in [0.15, 0.2) is 5.96 Å². The summed E-state index contributed by atoms with van der Waals surface area (Å²) >= 11 is 0. The molecular formula is C36H40N4O4. The monoisotopic (exact) mass is 592 g/mol. The first-order valence-electron chi connectivity index (χ1n) is 15.2. The minimum absolute atomic E-state index is 0.120. The fourth-order valence-electron chi connectivity index (χ4n) is 6.28. The number of hydrogen-bond acceptors (Lipinski definition) is 7. The number of benzene rings is 3. The van der Waals surface area contributed by atoms with Gasteiger partial charge in [0.05, 0.1) is 30.7 Å². The number of hydrogen-bond donors (Lipinski definition) is 2. The van der Waals surface area contributed by atoms with Crippen LogP contribution in [0.25, 0.3) is 38.4 Å². The van der Waals surface area contributed by atoms with Crippen LogP contribution in [0.4, 0.5) is 0 Å². The number of carbonyl (C=O) groups is 1. The molecule has 228 valence electrons. The smallest absolute Gasteiger partial charge is 0.307 e. The van der Waals surface area contributed by atoms with E-state index in [4.69, 9.17) is 19.5 Å². The Labute approximate surface area is 258 Å². The zero-order chi connectivity index (χ0) is 31.3. The van der Waals surface area contributed by atoms with Crippen molar-refractivity contribution in [3.05, 3.63) is 70.5 Å². The van der Waals surface area contributed by atoms with Crippen molar-refractivity contribution in [2.24, 2.45) is 4.99 Å². The maximum atomic E-state index is 12.3. The number of aromatic nitrogens is 1. The predicted molar refractivity (Wildman–Crippen MR) is 177 cm³/mol. The molecule has 8 heteroatoms. The van der Waals surface area contributed by atoms with Crippen LogP contribution in [-0.4, -0.2) is 59.8 Å². The number of carboxylic acids is 1. The third-order valence-electron chi connectivity index (χ3n) is 8.94. The zero-order valence-corrected chi connectivity index (χ0v) is 26.6. The second-order valence-electron chi connectivity index (χ2n) is 12.6. The van der Waals surface area contributed by atoms with Crippen molar-refractivity contribution >= 4 is 39.2 Å². The van der Waals surface area contributed by atoms with Crippen molar-refractivity contribution in [1.29, 1.82) is 0 Å². The van der Waals surface area contributed by atoms with Crippen LogP contribution in [0.3, 0.4) is 0 Å². The molecule has 2 aliphatic heterocycles. The summed E-state index contributed by atoms with van der Waals surface area (Å²) in [6.45, 7) is 11.5. The normalized spacial score (nSPS) is 14.5. The van der Waals surface area contributed by atoms with E-state index < -0.39 is 11.6 Å². The molecule has 0 saturated carbocycles. The fourth-order valence-corrected chi connectivity index (χ4v) is 6.28. The molecule has 3 aromatic carbocycles. The first kappa shape index (κ1) is 29.5. The Morgan fingerprint density at radius 1 is 1.14 bits per heavy atom. The average Bonchev–Trinajstić information content (AvgIpc) is 2.99. The molecule has 0 aliphatic carbocycles. The molecule has 44 heavy (non-hydrogen) atoms. The zero-order valence-electron chi connectivity index (χ0n) is 26.6. The predicted octanol–water partition coefficient (Wildman–Crippen LogP) is 6.66. The number of carboxylic acid groups (broad SMARTS) is 1. The number of pyridine rings is 1. The van der Waals surface area contributed by atoms with Crippen molar-refractivity contribution in [2.75, 3.05) is 27.2 Å². The molecule has 0 bridgehead atoms. The first-order chi connectivity index (χ1) is 21.0. The van der Waals surface area contributed by atoms with E-state index in [9.17, 15) is 9.90 Å². The van der Waals surface area contributed by atoms with Gasteiger partial charge in [-0.3, -0.25) is 9.78 Å². The fraction of sp³-hybridized carbons (Fsp3) is 0.361. The summed E-state index contributed by atoms with van der Waals surface area (Å²) in [5.74, 6) is 1.34. The molecule has 6 rings (SSSR count). The SMILES string of the molecule is CCC(C)(C)Oc1cc2c3c(ccnc3c1-c1c(CC(=O)O)c(C)cc3c(C)c(C4=CNC(N(C)C)=NC4)ccc13)CCO2. The molecule has 0 unspecified atom stereocenters. The summed E-state index contributed by atoms with van der Waals surface area (Å²) in [4.78, 5) is 23.9. The van der Waals surface area contributed by atoms with Crippen molar-refractivity contribution < 1.29 is 19.4 Å². The number of guanidine groups is 1. The molecule has 2 N–H and O–H groups in total. The first-order valence-corrected chi connectivity index (χ1v) is 15.2. The van der Waals surface area contributed by atoms with Crippen LogP contribution in [-0.2, 0) is 17.6 Å². The van der Waals surface area contributed by atoms with Crippen LogP contribution in [0.2, 0.25) is 0 Å². The van der Waals surface area contributed by atoms with Gasteiger partial charge in [-0.05, 0) is 89.9 Å². The summed E-state index contributed by atoms with van der Waals surface area (Å²) in [5, 5.41) is 16.4. The lowest BCUT2D eigenvalue weighted by Crippen LogP contribution is -2.35. The molecule has 3 heterocycles. The topological polar surface area (TPSA) is 96.3 Å². The van der Waals surface area contributed by atoms with E-state index >= 15 is 0 Å². The lowest BCUT2D eigenvalue weighted by Gasteiger charge is -2.30. The summed E-state index contributed by atoms with van der Waals surface area (Å²) < 4.78 is 12.9. The lowest BCUT2D eigenvalue weighted by atomic mass is 9.83. The maximum absolute atomic E-state index is 12.3. The molecule has 0 radical (unpaired) electrons. The standard InChI is InChI=1S/C36H40N4O4/c1-8-36(4,5)44-29-17-28-31-22(12-14-43-28)11-13-37-34(31)33(29)32-25-10-9-24(23-18-38-35(39-19-23)40(6)7)21(3)27(25)15-20(2)26(32)16-30(41)42/h9-11,13,15,17-18H,8,12,14,16,19H2,1-7H3,(H,38,39)(H,41,42). The van der Waals surface area contributed by atoms with E-state index in [0.717, 1.165) is 85.2 Å². The van der Waals surface area contributed by atoms with E-state index in [2.05, 4.69) is 51.2 Å². The Hall–Kier alpha value is -4.59. The summed E-state index contributed by atoms with van der Waals surface area (Å²) in [7, 11) is 3.93. The minimum Gasteiger partial charge on any atom is -0.492 e. The summed E-state index contributed by atoms with van der Waals surface area (Å²) in [6, 6.07) is 10.4. The van der Waals surface area contributed by atoms with Gasteiger partial charge < -0.3 is 24.8 Å². The Morgan fingerprint density at radius 3 is 2.61 bits per heavy atom. The van der Waals surface area contributed by atoms with Gasteiger partial charge in [0.25, 0.3) is 0 Å². The van der Waals surface area contributed by atoms with Crippen molar-refractivity contribution in [2.45, 2.75) is 59.5 Å². The Bertz CT molecular complexity index is 1890. The quantitative estimate of drug-likeness (QED) is 0.248. The molecule has 0 amide bonds. The van der Waals surface area contributed by atoms with Crippen LogP contribution in [0.1, 0.15) is 55.0 Å². The van der Waals surface area contributed by atoms with Gasteiger partial charge >= 0.3 is 5.97 Å². The number of nitrogens with one attached hydrogen (secondary N) is 1. The number of aryl methyl sites for hydroxylation is 2. The highest BCUT2D eigenvalue weighted by Gasteiger charge is 2.29. The minimum atomic E-state index is -0.884. The molecule has 8 nitrogen and oxygen atoms in total. The second kappa shape index (κ2) is 11.2. The van der Waals surface area contributed by atoms with Crippen molar-refractivity contribution in [1.82, 2.24) is 15.2 Å². The Balaban J connectivity index is 1.68. The molecule has 2 aliphatic rings. The highest BCUT2D eigenvalue weighted by Crippen LogP contribution is 2.49. The molecule has 0 atom stereocenters. The largest absolute Gasteiger partial charge is 0.492 e. The van der Waals surface area contributed by atoms with Gasteiger partial charge in [-0.1, -0.05) is 25.1 Å². The molecule has 4 aromatic rings. The van der Waals surface area contributed by atoms with Gasteiger partial charge in [0, 0.05) is 44.4 Å². The Morgan fingerprint density at radius 2 is 1.93 bits per heavy atom. The van der Waals surface area contributed by atoms with Gasteiger partial charge in [-0.25, -0.2) is 4.99 Å². The van der Waals surface area contributed by atoms with E-state index in [-0.39, 0.29) is 6.42 Å². The van der Waals surface area contributed by atoms with Crippen LogP contribution in [0, 0.1) is 13.8 Å². The van der Waals surface area contributed by atoms with Crippen LogP contribution >= 0.6 is 0 Å². The number of aliphatic carboxylic acids is 1. The number of rotatable bonds is 7. The van der Waals surface area contributed by atoms with Gasteiger partial charge in [-0.2, -0.15) is 0 Å². The van der Waals surface area contributed by atoms with Gasteiger partial charge in [0.2, 0.25) is 0 Å². The molecule has 0 fully saturated rings. The van der Waals surface area contributed by atoms with Crippen molar-refractivity contribution in [3.8, 4) is 22.6 Å². The third-order valence-corrected chi connectivity index (χ3v) is 8.94. The van der Waals surface area contributed by atoms with Crippen LogP contribution < -0.4 is 14.8 Å². The van der Waals surface area contributed by atoms with E-state index in [1.807, 2.05) is 50.4 Å². The molecule has 0 saturated heterocycles. The Kier molecular flexibility index (Phi) is 7.48. The number of ether oxygens (including phenoxy) is 2. The number of nitrogens with zero attached hydrogens (tertiary/aromatic N) is 3. The highest BCUT2D eigenvalue weighted by atomic mass is 16.5. The van der Waals surface area contributed by atoms with E-state index in [1.165, 1.54) is 5.56 Å². The van der Waals surface area contributed by atoms with Crippen LogP contribution in [0.15, 0.2) is 47.7 Å². The summed E-state index contributed by atoms with van der Waals surface area (Å²) in [6.07, 6.45) is 5.32. The molecular weight excluding hydrogens is 552 g/mol. The van der Waals surface area contributed by atoms with Crippen molar-refractivity contribution in [3.63, 3.8) is 0 Å². The van der Waals surface area contributed by atoms with Gasteiger partial charge in [0.1, 0.15) is 17.1 Å². The molecule has 0 spiro atoms. The third kappa shape index (κ3) is 5.12. The second-order valence-corrected chi connectivity index (χ2v) is 12.6. The summed E-state index contributed by atoms with van der Waals surface area (Å²) in [5.41, 5.74) is 8.12. The lowest BCUT2D eigenvalue weighted by molar-refractivity contribution is -0.136. The van der Waals surface area contributed by atoms with Gasteiger partial charge in [-0.15, -0.1) is 0 Å². The highest BCUT2D eigenvalue weighted by molar-refractivity contribution is 6.12. The maximum Gasteiger partial charge on any atom is 0.307 e. The van der Waals surface area contributed by atoms with E-state index in [0.29, 0.717) is 18.9 Å². The van der Waals surface area contributed by atoms with Crippen LogP contribution in [0.5, 0.6) is 11.5 Å². The number of fused-ring (bicyclic) bond motifs is 1.